The third-order valence-electron chi connectivity index (χ3n) is 6.13. The van der Waals surface area contributed by atoms with Crippen LogP contribution in [0, 0.1) is 10.1 Å². The zero-order valence-electron chi connectivity index (χ0n) is 20.5. The first-order valence-electron chi connectivity index (χ1n) is 12.0. The highest BCUT2D eigenvalue weighted by Gasteiger charge is 2.25. The predicted molar refractivity (Wildman–Crippen MR) is 142 cm³/mol. The lowest BCUT2D eigenvalue weighted by Crippen LogP contribution is -2.52. The first-order valence-corrected chi connectivity index (χ1v) is 12.5. The number of rotatable bonds is 6. The Kier molecular flexibility index (Phi) is 8.21. The largest absolute Gasteiger partial charge is 0.491 e. The molecule has 36 heavy (non-hydrogen) atoms. The van der Waals surface area contributed by atoms with E-state index in [9.17, 15) is 14.9 Å². The molecule has 0 saturated carbocycles. The summed E-state index contributed by atoms with van der Waals surface area (Å²) in [5.41, 5.74) is 2.13. The predicted octanol–water partition coefficient (Wildman–Crippen LogP) is 3.06. The normalized spacial score (nSPS) is 16.1. The van der Waals surface area contributed by atoms with Crippen molar-refractivity contribution in [2.75, 3.05) is 62.3 Å². The van der Waals surface area contributed by atoms with Gasteiger partial charge >= 0.3 is 0 Å². The Labute approximate surface area is 215 Å². The van der Waals surface area contributed by atoms with Crippen LogP contribution >= 0.6 is 12.2 Å². The van der Waals surface area contributed by atoms with E-state index in [1.54, 1.807) is 30.3 Å². The minimum atomic E-state index is -0.335. The highest BCUT2D eigenvalue weighted by atomic mass is 32.1. The topological polar surface area (TPSA) is 100 Å². The summed E-state index contributed by atoms with van der Waals surface area (Å²) in [7, 11) is 0. The van der Waals surface area contributed by atoms with Crippen LogP contribution in [0.1, 0.15) is 24.2 Å². The molecule has 2 aliphatic heterocycles. The second-order valence-corrected chi connectivity index (χ2v) is 9.34. The first kappa shape index (κ1) is 25.6. The summed E-state index contributed by atoms with van der Waals surface area (Å²) in [4.78, 5) is 30.2. The monoisotopic (exact) mass is 513 g/mol. The van der Waals surface area contributed by atoms with Crippen LogP contribution in [0.4, 0.5) is 17.1 Å². The Balaban J connectivity index is 1.37. The second kappa shape index (κ2) is 11.5. The van der Waals surface area contributed by atoms with Crippen molar-refractivity contribution < 1.29 is 19.2 Å². The number of nitro benzene ring substituents is 1. The van der Waals surface area contributed by atoms with Crippen molar-refractivity contribution in [1.29, 1.82) is 0 Å². The molecule has 1 amide bonds. The average molecular weight is 514 g/mol. The molecule has 0 unspecified atom stereocenters. The zero-order chi connectivity index (χ0) is 25.7. The number of benzene rings is 2. The number of nitro groups is 1. The molecule has 2 aromatic rings. The number of amides is 1. The van der Waals surface area contributed by atoms with Crippen molar-refractivity contribution in [3.63, 3.8) is 0 Å². The molecular formula is C25H31N5O5S. The van der Waals surface area contributed by atoms with Gasteiger partial charge in [0.05, 0.1) is 24.2 Å². The van der Waals surface area contributed by atoms with Gasteiger partial charge < -0.3 is 24.2 Å². The van der Waals surface area contributed by atoms with Gasteiger partial charge in [0.2, 0.25) is 0 Å². The fraction of sp³-hybridized carbons (Fsp3) is 0.440. The Morgan fingerprint density at radius 3 is 2.44 bits per heavy atom. The standard InChI is InChI=1S/C25H31N5O5S/c1-18(2)35-21-5-3-4-19(16-21)24(31)26-25(36)29-10-8-27(9-11-29)20-6-7-22(30(32)33)23(17-20)28-12-14-34-15-13-28/h3-7,16-18H,8-15H2,1-2H3,(H,26,31,36). The number of piperazine rings is 1. The highest BCUT2D eigenvalue weighted by molar-refractivity contribution is 7.80. The molecule has 192 valence electrons. The van der Waals surface area contributed by atoms with Gasteiger partial charge in [-0.1, -0.05) is 6.07 Å². The van der Waals surface area contributed by atoms with Crippen molar-refractivity contribution in [2.45, 2.75) is 20.0 Å². The quantitative estimate of drug-likeness (QED) is 0.355. The van der Waals surface area contributed by atoms with Crippen molar-refractivity contribution in [3.05, 3.63) is 58.1 Å². The molecule has 0 bridgehead atoms. The van der Waals surface area contributed by atoms with Gasteiger partial charge in [-0.3, -0.25) is 20.2 Å². The molecular weight excluding hydrogens is 482 g/mol. The zero-order valence-corrected chi connectivity index (χ0v) is 21.3. The minimum absolute atomic E-state index is 0.0152. The molecule has 2 aliphatic rings. The van der Waals surface area contributed by atoms with Crippen LogP contribution in [-0.4, -0.2) is 79.4 Å². The Morgan fingerprint density at radius 2 is 1.78 bits per heavy atom. The number of nitrogens with zero attached hydrogens (tertiary/aromatic N) is 4. The Bertz CT molecular complexity index is 1110. The van der Waals surface area contributed by atoms with Gasteiger partial charge in [-0.05, 0) is 56.4 Å². The summed E-state index contributed by atoms with van der Waals surface area (Å²) in [6, 6.07) is 12.3. The second-order valence-electron chi connectivity index (χ2n) is 8.96. The maximum Gasteiger partial charge on any atom is 0.292 e. The van der Waals surface area contributed by atoms with Crippen LogP contribution in [0.15, 0.2) is 42.5 Å². The number of hydrogen-bond donors (Lipinski definition) is 1. The number of carbonyl (C=O) groups is 1. The van der Waals surface area contributed by atoms with Crippen LogP contribution in [0.3, 0.4) is 0 Å². The number of nitrogens with one attached hydrogen (secondary N) is 1. The molecule has 1 N–H and O–H groups in total. The van der Waals surface area contributed by atoms with Crippen LogP contribution < -0.4 is 19.9 Å². The summed E-state index contributed by atoms with van der Waals surface area (Å²) in [6.45, 7) is 8.82. The van der Waals surface area contributed by atoms with Gasteiger partial charge in [0.15, 0.2) is 5.11 Å². The Morgan fingerprint density at radius 1 is 1.06 bits per heavy atom. The molecule has 2 saturated heterocycles. The summed E-state index contributed by atoms with van der Waals surface area (Å²) in [6.07, 6.45) is 0.0152. The van der Waals surface area contributed by atoms with Crippen LogP contribution in [0.25, 0.3) is 0 Å². The van der Waals surface area contributed by atoms with Crippen molar-refractivity contribution in [1.82, 2.24) is 10.2 Å². The molecule has 11 heteroatoms. The lowest BCUT2D eigenvalue weighted by Gasteiger charge is -2.37. The number of anilines is 2. The van der Waals surface area contributed by atoms with Gasteiger partial charge in [-0.15, -0.1) is 0 Å². The van der Waals surface area contributed by atoms with E-state index in [0.717, 1.165) is 5.69 Å². The van der Waals surface area contributed by atoms with E-state index in [4.69, 9.17) is 21.7 Å². The molecule has 2 fully saturated rings. The van der Waals surface area contributed by atoms with Crippen molar-refractivity contribution in [3.8, 4) is 5.75 Å². The van der Waals surface area contributed by atoms with E-state index in [-0.39, 0.29) is 22.6 Å². The number of thiocarbonyl (C=S) groups is 1. The van der Waals surface area contributed by atoms with Gasteiger partial charge in [-0.25, -0.2) is 0 Å². The van der Waals surface area contributed by atoms with Gasteiger partial charge in [0, 0.05) is 56.6 Å². The van der Waals surface area contributed by atoms with Crippen LogP contribution in [-0.2, 0) is 4.74 Å². The lowest BCUT2D eigenvalue weighted by molar-refractivity contribution is -0.384. The van der Waals surface area contributed by atoms with Crippen LogP contribution in [0.5, 0.6) is 5.75 Å². The number of carbonyl (C=O) groups excluding carboxylic acids is 1. The van der Waals surface area contributed by atoms with E-state index in [1.165, 1.54) is 0 Å². The molecule has 10 nitrogen and oxygen atoms in total. The smallest absolute Gasteiger partial charge is 0.292 e. The molecule has 4 rings (SSSR count). The minimum Gasteiger partial charge on any atom is -0.491 e. The van der Waals surface area contributed by atoms with Crippen LogP contribution in [0.2, 0.25) is 0 Å². The van der Waals surface area contributed by atoms with Crippen molar-refractivity contribution in [2.24, 2.45) is 0 Å². The van der Waals surface area contributed by atoms with E-state index in [0.29, 0.717) is 74.6 Å². The van der Waals surface area contributed by atoms with Gasteiger partial charge in [0.1, 0.15) is 11.4 Å². The summed E-state index contributed by atoms with van der Waals surface area (Å²) in [5.74, 6) is 0.360. The maximum atomic E-state index is 12.7. The van der Waals surface area contributed by atoms with Crippen molar-refractivity contribution >= 4 is 40.3 Å². The summed E-state index contributed by atoms with van der Waals surface area (Å²) < 4.78 is 11.1. The summed E-state index contributed by atoms with van der Waals surface area (Å²) >= 11 is 5.51. The number of hydrogen-bond acceptors (Lipinski definition) is 8. The molecule has 2 aromatic carbocycles. The number of morpholine rings is 1. The maximum absolute atomic E-state index is 12.7. The lowest BCUT2D eigenvalue weighted by atomic mass is 10.1. The molecule has 0 aromatic heterocycles. The average Bonchev–Trinajstić information content (AvgIpc) is 2.88. The fourth-order valence-corrected chi connectivity index (χ4v) is 4.59. The Hall–Kier alpha value is -3.44. The van der Waals surface area contributed by atoms with Gasteiger partial charge in [-0.2, -0.15) is 0 Å². The molecule has 2 heterocycles. The summed E-state index contributed by atoms with van der Waals surface area (Å²) in [5, 5.41) is 14.8. The van der Waals surface area contributed by atoms with E-state index in [2.05, 4.69) is 10.2 Å². The highest BCUT2D eigenvalue weighted by Crippen LogP contribution is 2.33. The molecule has 0 spiro atoms. The van der Waals surface area contributed by atoms with E-state index >= 15 is 0 Å². The SMILES string of the molecule is CC(C)Oc1cccc(C(=O)NC(=S)N2CCN(c3ccc([N+](=O)[O-])c(N4CCOCC4)c3)CC2)c1. The first-order chi connectivity index (χ1) is 17.3. The molecule has 0 aliphatic carbocycles. The number of ether oxygens (including phenoxy) is 2. The fourth-order valence-electron chi connectivity index (χ4n) is 4.32. The third-order valence-corrected chi connectivity index (χ3v) is 6.49. The van der Waals surface area contributed by atoms with E-state index < -0.39 is 0 Å². The van der Waals surface area contributed by atoms with E-state index in [1.807, 2.05) is 35.8 Å². The third kappa shape index (κ3) is 6.21. The molecule has 0 atom stereocenters. The molecule has 0 radical (unpaired) electrons. The van der Waals surface area contributed by atoms with Gasteiger partial charge in [0.25, 0.3) is 11.6 Å².